The van der Waals surface area contributed by atoms with Crippen molar-refractivity contribution in [3.63, 3.8) is 0 Å². The zero-order valence-corrected chi connectivity index (χ0v) is 12.4. The van der Waals surface area contributed by atoms with Gasteiger partial charge in [0.1, 0.15) is 0 Å². The van der Waals surface area contributed by atoms with Crippen molar-refractivity contribution >= 4 is 23.3 Å². The van der Waals surface area contributed by atoms with Crippen LogP contribution < -0.4 is 10.2 Å². The van der Waals surface area contributed by atoms with Crippen LogP contribution in [0.3, 0.4) is 0 Å². The number of hydrogen-bond acceptors (Lipinski definition) is 4. The summed E-state index contributed by atoms with van der Waals surface area (Å²) in [6.45, 7) is 3.41. The van der Waals surface area contributed by atoms with Crippen molar-refractivity contribution in [2.24, 2.45) is 17.8 Å². The van der Waals surface area contributed by atoms with Crippen LogP contribution >= 0.6 is 11.6 Å². The van der Waals surface area contributed by atoms with Gasteiger partial charge in [-0.1, -0.05) is 6.92 Å². The number of amides is 1. The molecule has 1 N–H and O–H groups in total. The van der Waals surface area contributed by atoms with Gasteiger partial charge < -0.3 is 10.2 Å². The lowest BCUT2D eigenvalue weighted by molar-refractivity contribution is -0.123. The van der Waals surface area contributed by atoms with Crippen molar-refractivity contribution in [2.75, 3.05) is 18.0 Å². The maximum absolute atomic E-state index is 13.9. The van der Waals surface area contributed by atoms with Crippen molar-refractivity contribution in [3.8, 4) is 0 Å². The van der Waals surface area contributed by atoms with Gasteiger partial charge in [-0.15, -0.1) is 0 Å². The molecule has 3 unspecified atom stereocenters. The van der Waals surface area contributed by atoms with E-state index in [-0.39, 0.29) is 28.5 Å². The fourth-order valence-electron chi connectivity index (χ4n) is 3.57. The molecule has 21 heavy (non-hydrogen) atoms. The number of piperidine rings is 1. The topological polar surface area (TPSA) is 58.1 Å². The van der Waals surface area contributed by atoms with E-state index >= 15 is 0 Å². The maximum atomic E-state index is 13.9. The molecule has 1 aromatic rings. The first-order valence-corrected chi connectivity index (χ1v) is 7.64. The largest absolute Gasteiger partial charge is 0.351 e. The molecule has 0 bridgehead atoms. The van der Waals surface area contributed by atoms with E-state index in [2.05, 4.69) is 22.2 Å². The van der Waals surface area contributed by atoms with E-state index in [4.69, 9.17) is 11.6 Å². The van der Waals surface area contributed by atoms with Crippen LogP contribution in [0.2, 0.25) is 5.28 Å². The minimum Gasteiger partial charge on any atom is -0.351 e. The van der Waals surface area contributed by atoms with E-state index in [0.717, 1.165) is 19.0 Å². The lowest BCUT2D eigenvalue weighted by Crippen LogP contribution is -2.45. The van der Waals surface area contributed by atoms with Crippen LogP contribution in [0.1, 0.15) is 19.8 Å². The molecule has 5 nitrogen and oxygen atoms in total. The number of carbonyl (C=O) groups is 1. The molecule has 2 saturated carbocycles. The van der Waals surface area contributed by atoms with Crippen molar-refractivity contribution in [3.05, 3.63) is 17.3 Å². The third kappa shape index (κ3) is 1.99. The summed E-state index contributed by atoms with van der Waals surface area (Å²) in [6, 6.07) is 0. The van der Waals surface area contributed by atoms with Gasteiger partial charge in [-0.2, -0.15) is 4.98 Å². The Labute approximate surface area is 126 Å². The van der Waals surface area contributed by atoms with E-state index in [0.29, 0.717) is 24.9 Å². The maximum Gasteiger partial charge on any atom is 0.224 e. The third-order valence-electron chi connectivity index (χ3n) is 5.14. The summed E-state index contributed by atoms with van der Waals surface area (Å²) in [4.78, 5) is 21.5. The monoisotopic (exact) mass is 310 g/mol. The van der Waals surface area contributed by atoms with Gasteiger partial charge in [0.15, 0.2) is 11.6 Å². The summed E-state index contributed by atoms with van der Waals surface area (Å²) in [5.41, 5.74) is -0.219. The number of hydrogen-bond donors (Lipinski definition) is 1. The van der Waals surface area contributed by atoms with Gasteiger partial charge in [-0.05, 0) is 30.4 Å². The molecule has 7 heteroatoms. The van der Waals surface area contributed by atoms with Crippen LogP contribution in [-0.4, -0.2) is 34.5 Å². The third-order valence-corrected chi connectivity index (χ3v) is 5.32. The Morgan fingerprint density at radius 3 is 3.05 bits per heavy atom. The molecule has 1 aliphatic heterocycles. The Balaban J connectivity index is 1.54. The molecule has 0 aromatic carbocycles. The Kier molecular flexibility index (Phi) is 2.70. The molecule has 1 aromatic heterocycles. The fourth-order valence-corrected chi connectivity index (χ4v) is 3.70. The lowest BCUT2D eigenvalue weighted by Gasteiger charge is -2.24. The smallest absolute Gasteiger partial charge is 0.224 e. The zero-order chi connectivity index (χ0) is 14.8. The molecule has 3 aliphatic rings. The van der Waals surface area contributed by atoms with Gasteiger partial charge in [0.25, 0.3) is 0 Å². The van der Waals surface area contributed by atoms with E-state index in [1.807, 2.05) is 4.90 Å². The molecule has 2 aliphatic carbocycles. The minimum absolute atomic E-state index is 0.0380. The van der Waals surface area contributed by atoms with Crippen LogP contribution in [0.4, 0.5) is 10.2 Å². The van der Waals surface area contributed by atoms with Crippen LogP contribution in [0.15, 0.2) is 6.20 Å². The SMILES string of the molecule is CC1C2CN(c3nc(Cl)ncc3F)CC12NC(=O)C1CC1. The number of halogens is 2. The number of nitrogens with zero attached hydrogens (tertiary/aromatic N) is 3. The highest BCUT2D eigenvalue weighted by atomic mass is 35.5. The van der Waals surface area contributed by atoms with Gasteiger partial charge in [0.05, 0.1) is 11.7 Å². The predicted molar refractivity (Wildman–Crippen MR) is 75.5 cm³/mol. The highest BCUT2D eigenvalue weighted by Crippen LogP contribution is 2.56. The zero-order valence-electron chi connectivity index (χ0n) is 11.6. The summed E-state index contributed by atoms with van der Waals surface area (Å²) >= 11 is 5.76. The number of aromatic nitrogens is 2. The minimum atomic E-state index is -0.475. The molecule has 0 spiro atoms. The fraction of sp³-hybridized carbons (Fsp3) is 0.643. The van der Waals surface area contributed by atoms with E-state index in [1.54, 1.807) is 0 Å². The lowest BCUT2D eigenvalue weighted by atomic mass is 10.2. The van der Waals surface area contributed by atoms with Crippen molar-refractivity contribution in [2.45, 2.75) is 25.3 Å². The second-order valence-electron chi connectivity index (χ2n) is 6.39. The van der Waals surface area contributed by atoms with Gasteiger partial charge in [0.2, 0.25) is 11.2 Å². The van der Waals surface area contributed by atoms with E-state index in [9.17, 15) is 9.18 Å². The van der Waals surface area contributed by atoms with Crippen molar-refractivity contribution < 1.29 is 9.18 Å². The van der Waals surface area contributed by atoms with Crippen LogP contribution in [0, 0.1) is 23.6 Å². The summed E-state index contributed by atoms with van der Waals surface area (Å²) in [6.07, 6.45) is 3.06. The standard InChI is InChI=1S/C14H16ClFN4O/c1-7-9-5-20(11-10(16)4-17-13(15)18-11)6-14(7,9)19-12(21)8-2-3-8/h4,7-9H,2-3,5-6H2,1H3,(H,19,21). The average Bonchev–Trinajstić information content (AvgIpc) is 3.33. The molecular weight excluding hydrogens is 295 g/mol. The first-order chi connectivity index (χ1) is 10.0. The molecule has 3 fully saturated rings. The number of fused-ring (bicyclic) bond motifs is 1. The molecule has 112 valence electrons. The summed E-state index contributed by atoms with van der Waals surface area (Å²) in [5.74, 6) is 0.871. The van der Waals surface area contributed by atoms with Gasteiger partial charge in [-0.25, -0.2) is 9.37 Å². The Morgan fingerprint density at radius 2 is 2.33 bits per heavy atom. The molecule has 4 rings (SSSR count). The second-order valence-corrected chi connectivity index (χ2v) is 6.73. The summed E-state index contributed by atoms with van der Waals surface area (Å²) in [5, 5.41) is 3.23. The van der Waals surface area contributed by atoms with Crippen LogP contribution in [0.5, 0.6) is 0 Å². The molecule has 3 atom stereocenters. The van der Waals surface area contributed by atoms with Crippen LogP contribution in [-0.2, 0) is 4.79 Å². The molecule has 0 radical (unpaired) electrons. The highest BCUT2D eigenvalue weighted by Gasteiger charge is 2.68. The number of nitrogens with one attached hydrogen (secondary N) is 1. The number of carbonyl (C=O) groups excluding carboxylic acids is 1. The molecule has 2 heterocycles. The predicted octanol–water partition coefficient (Wildman–Crippen LogP) is 1.62. The quantitative estimate of drug-likeness (QED) is 0.862. The Bertz CT molecular complexity index is 623. The molecule has 1 saturated heterocycles. The van der Waals surface area contributed by atoms with Gasteiger partial charge >= 0.3 is 0 Å². The normalized spacial score (nSPS) is 33.8. The Hall–Kier alpha value is -1.43. The van der Waals surface area contributed by atoms with Crippen molar-refractivity contribution in [1.82, 2.24) is 15.3 Å². The first kappa shape index (κ1) is 13.2. The number of rotatable bonds is 3. The molecular formula is C14H16ClFN4O. The van der Waals surface area contributed by atoms with Crippen LogP contribution in [0.25, 0.3) is 0 Å². The summed E-state index contributed by atoms with van der Waals surface area (Å²) in [7, 11) is 0. The van der Waals surface area contributed by atoms with E-state index < -0.39 is 5.82 Å². The highest BCUT2D eigenvalue weighted by molar-refractivity contribution is 6.28. The van der Waals surface area contributed by atoms with E-state index in [1.165, 1.54) is 0 Å². The van der Waals surface area contributed by atoms with Gasteiger partial charge in [-0.3, -0.25) is 4.79 Å². The second kappa shape index (κ2) is 4.29. The van der Waals surface area contributed by atoms with Gasteiger partial charge in [0, 0.05) is 24.9 Å². The number of anilines is 1. The summed E-state index contributed by atoms with van der Waals surface area (Å²) < 4.78 is 13.9. The first-order valence-electron chi connectivity index (χ1n) is 7.26. The Morgan fingerprint density at radius 1 is 1.57 bits per heavy atom. The van der Waals surface area contributed by atoms with Crippen molar-refractivity contribution in [1.29, 1.82) is 0 Å². The molecule has 1 amide bonds. The average molecular weight is 311 g/mol.